The molecule has 110 valence electrons. The van der Waals surface area contributed by atoms with Gasteiger partial charge in [-0.1, -0.05) is 24.3 Å². The van der Waals surface area contributed by atoms with Crippen molar-refractivity contribution in [3.8, 4) is 11.1 Å². The summed E-state index contributed by atoms with van der Waals surface area (Å²) in [5.74, 6) is -0.436. The molecular formula is C14H14N2O4S. The maximum Gasteiger partial charge on any atom is 0.297 e. The van der Waals surface area contributed by atoms with Crippen LogP contribution < -0.4 is 11.1 Å². The first-order chi connectivity index (χ1) is 9.79. The molecule has 0 radical (unpaired) electrons. The predicted molar refractivity (Wildman–Crippen MR) is 80.4 cm³/mol. The summed E-state index contributed by atoms with van der Waals surface area (Å²) >= 11 is 0. The highest BCUT2D eigenvalue weighted by Crippen LogP contribution is 2.33. The van der Waals surface area contributed by atoms with Crippen LogP contribution in [0.3, 0.4) is 0 Å². The highest BCUT2D eigenvalue weighted by molar-refractivity contribution is 7.86. The number of carbonyl (C=O) groups is 1. The molecule has 0 heterocycles. The minimum atomic E-state index is -4.51. The molecule has 21 heavy (non-hydrogen) atoms. The van der Waals surface area contributed by atoms with Gasteiger partial charge in [-0.3, -0.25) is 9.35 Å². The van der Waals surface area contributed by atoms with Crippen molar-refractivity contribution >= 4 is 27.4 Å². The molecule has 0 bridgehead atoms. The van der Waals surface area contributed by atoms with Gasteiger partial charge in [-0.25, -0.2) is 0 Å². The van der Waals surface area contributed by atoms with E-state index in [1.54, 1.807) is 36.4 Å². The third-order valence-electron chi connectivity index (χ3n) is 2.81. The summed E-state index contributed by atoms with van der Waals surface area (Å²) in [7, 11) is -4.51. The van der Waals surface area contributed by atoms with E-state index < -0.39 is 16.0 Å². The van der Waals surface area contributed by atoms with Crippen LogP contribution in [0, 0.1) is 0 Å². The van der Waals surface area contributed by atoms with E-state index in [2.05, 4.69) is 5.32 Å². The van der Waals surface area contributed by atoms with E-state index in [-0.39, 0.29) is 16.1 Å². The Morgan fingerprint density at radius 2 is 1.76 bits per heavy atom. The van der Waals surface area contributed by atoms with Crippen molar-refractivity contribution in [2.75, 3.05) is 11.1 Å². The minimum Gasteiger partial charge on any atom is -0.399 e. The summed E-state index contributed by atoms with van der Waals surface area (Å²) in [6.45, 7) is 1.25. The van der Waals surface area contributed by atoms with E-state index >= 15 is 0 Å². The Bertz CT molecular complexity index is 783. The molecule has 1 amide bonds. The molecule has 0 saturated heterocycles. The van der Waals surface area contributed by atoms with Gasteiger partial charge in [-0.05, 0) is 23.8 Å². The van der Waals surface area contributed by atoms with Crippen LogP contribution in [0.2, 0.25) is 0 Å². The molecule has 2 rings (SSSR count). The standard InChI is InChI=1S/C14H14N2O4S/c1-9(17)16-13-4-2-3-12(14(13)21(18,19)20)10-5-7-11(15)8-6-10/h2-8H,15H2,1H3,(H,16,17)(H,18,19,20). The van der Waals surface area contributed by atoms with Crippen molar-refractivity contribution in [1.82, 2.24) is 0 Å². The smallest absolute Gasteiger partial charge is 0.297 e. The van der Waals surface area contributed by atoms with E-state index in [4.69, 9.17) is 5.73 Å². The Morgan fingerprint density at radius 1 is 1.14 bits per heavy atom. The molecule has 0 atom stereocenters. The lowest BCUT2D eigenvalue weighted by molar-refractivity contribution is -0.114. The molecule has 0 unspecified atom stereocenters. The Morgan fingerprint density at radius 3 is 2.29 bits per heavy atom. The molecule has 2 aromatic rings. The van der Waals surface area contributed by atoms with Crippen molar-refractivity contribution in [3.63, 3.8) is 0 Å². The monoisotopic (exact) mass is 306 g/mol. The van der Waals surface area contributed by atoms with Gasteiger partial charge in [0.15, 0.2) is 0 Å². The van der Waals surface area contributed by atoms with Gasteiger partial charge in [0.25, 0.3) is 10.1 Å². The molecule has 6 nitrogen and oxygen atoms in total. The van der Waals surface area contributed by atoms with Crippen molar-refractivity contribution in [1.29, 1.82) is 0 Å². The number of anilines is 2. The first kappa shape index (κ1) is 15.0. The van der Waals surface area contributed by atoms with E-state index in [0.29, 0.717) is 11.3 Å². The second kappa shape index (κ2) is 5.55. The van der Waals surface area contributed by atoms with Gasteiger partial charge in [0.1, 0.15) is 4.90 Å². The molecular weight excluding hydrogens is 292 g/mol. The fourth-order valence-corrected chi connectivity index (χ4v) is 2.85. The van der Waals surface area contributed by atoms with Crippen molar-refractivity contribution < 1.29 is 17.8 Å². The van der Waals surface area contributed by atoms with Crippen LogP contribution in [0.4, 0.5) is 11.4 Å². The summed E-state index contributed by atoms with van der Waals surface area (Å²) in [5, 5.41) is 2.40. The topological polar surface area (TPSA) is 109 Å². The number of amides is 1. The second-order valence-corrected chi connectivity index (χ2v) is 5.82. The average Bonchev–Trinajstić information content (AvgIpc) is 2.37. The SMILES string of the molecule is CC(=O)Nc1cccc(-c2ccc(N)cc2)c1S(=O)(=O)O. The lowest BCUT2D eigenvalue weighted by atomic mass is 10.0. The summed E-state index contributed by atoms with van der Waals surface area (Å²) < 4.78 is 32.8. The predicted octanol–water partition coefficient (Wildman–Crippen LogP) is 2.14. The maximum absolute atomic E-state index is 11.7. The van der Waals surface area contributed by atoms with Crippen LogP contribution in [-0.2, 0) is 14.9 Å². The van der Waals surface area contributed by atoms with E-state index in [1.807, 2.05) is 0 Å². The van der Waals surface area contributed by atoms with Gasteiger partial charge in [0, 0.05) is 18.2 Å². The average molecular weight is 306 g/mol. The molecule has 4 N–H and O–H groups in total. The van der Waals surface area contributed by atoms with Crippen LogP contribution in [0.25, 0.3) is 11.1 Å². The van der Waals surface area contributed by atoms with Crippen LogP contribution >= 0.6 is 0 Å². The quantitative estimate of drug-likeness (QED) is 0.594. The number of nitrogen functional groups attached to an aromatic ring is 1. The number of hydrogen-bond acceptors (Lipinski definition) is 4. The van der Waals surface area contributed by atoms with E-state index in [0.717, 1.165) is 0 Å². The molecule has 7 heteroatoms. The Kier molecular flexibility index (Phi) is 3.97. The molecule has 0 aromatic heterocycles. The van der Waals surface area contributed by atoms with Gasteiger partial charge in [-0.2, -0.15) is 8.42 Å². The van der Waals surface area contributed by atoms with Gasteiger partial charge in [0.2, 0.25) is 5.91 Å². The number of nitrogens with two attached hydrogens (primary N) is 1. The number of hydrogen-bond donors (Lipinski definition) is 3. The molecule has 0 aliphatic heterocycles. The molecule has 0 spiro atoms. The first-order valence-corrected chi connectivity index (χ1v) is 7.47. The number of nitrogens with one attached hydrogen (secondary N) is 1. The van der Waals surface area contributed by atoms with Gasteiger partial charge >= 0.3 is 0 Å². The van der Waals surface area contributed by atoms with Crippen molar-refractivity contribution in [3.05, 3.63) is 42.5 Å². The highest BCUT2D eigenvalue weighted by Gasteiger charge is 2.21. The van der Waals surface area contributed by atoms with Crippen LogP contribution in [0.15, 0.2) is 47.4 Å². The minimum absolute atomic E-state index is 0.0272. The van der Waals surface area contributed by atoms with Crippen molar-refractivity contribution in [2.24, 2.45) is 0 Å². The molecule has 2 aromatic carbocycles. The third-order valence-corrected chi connectivity index (χ3v) is 3.76. The summed E-state index contributed by atoms with van der Waals surface area (Å²) in [5.41, 5.74) is 7.00. The van der Waals surface area contributed by atoms with Gasteiger partial charge in [-0.15, -0.1) is 0 Å². The lowest BCUT2D eigenvalue weighted by Crippen LogP contribution is -2.11. The summed E-state index contributed by atoms with van der Waals surface area (Å²) in [6, 6.07) is 11.0. The largest absolute Gasteiger partial charge is 0.399 e. The molecule has 0 aliphatic rings. The molecule has 0 fully saturated rings. The number of rotatable bonds is 3. The maximum atomic E-state index is 11.7. The third kappa shape index (κ3) is 3.39. The molecule has 0 saturated carbocycles. The first-order valence-electron chi connectivity index (χ1n) is 6.03. The number of carbonyl (C=O) groups excluding carboxylic acids is 1. The summed E-state index contributed by atoms with van der Waals surface area (Å²) in [6.07, 6.45) is 0. The summed E-state index contributed by atoms with van der Waals surface area (Å²) in [4.78, 5) is 10.8. The fraction of sp³-hybridized carbons (Fsp3) is 0.0714. The van der Waals surface area contributed by atoms with Crippen LogP contribution in [0.5, 0.6) is 0 Å². The Hall–Kier alpha value is -2.38. The van der Waals surface area contributed by atoms with E-state index in [9.17, 15) is 17.8 Å². The van der Waals surface area contributed by atoms with Gasteiger partial charge < -0.3 is 11.1 Å². The zero-order valence-corrected chi connectivity index (χ0v) is 12.0. The zero-order valence-electron chi connectivity index (χ0n) is 11.2. The van der Waals surface area contributed by atoms with Gasteiger partial charge in [0.05, 0.1) is 5.69 Å². The van der Waals surface area contributed by atoms with E-state index in [1.165, 1.54) is 13.0 Å². The lowest BCUT2D eigenvalue weighted by Gasteiger charge is -2.13. The second-order valence-electron chi connectivity index (χ2n) is 4.46. The van der Waals surface area contributed by atoms with Crippen LogP contribution in [-0.4, -0.2) is 18.9 Å². The zero-order chi connectivity index (χ0) is 15.6. The highest BCUT2D eigenvalue weighted by atomic mass is 32.2. The van der Waals surface area contributed by atoms with Crippen molar-refractivity contribution in [2.45, 2.75) is 11.8 Å². The Labute approximate surface area is 122 Å². The Balaban J connectivity index is 2.71. The fourth-order valence-electron chi connectivity index (χ4n) is 1.99. The van der Waals surface area contributed by atoms with Crippen LogP contribution in [0.1, 0.15) is 6.92 Å². The molecule has 0 aliphatic carbocycles. The normalized spacial score (nSPS) is 11.1. The number of benzene rings is 2.